The van der Waals surface area contributed by atoms with Gasteiger partial charge in [0.25, 0.3) is 0 Å². The van der Waals surface area contributed by atoms with E-state index in [0.717, 1.165) is 44.6 Å². The molecule has 0 saturated heterocycles. The van der Waals surface area contributed by atoms with Crippen molar-refractivity contribution < 1.29 is 38.1 Å². The molecular formula is C22H34O8. The van der Waals surface area contributed by atoms with Crippen LogP contribution in [0.15, 0.2) is 12.2 Å². The lowest BCUT2D eigenvalue weighted by molar-refractivity contribution is -0.163. The monoisotopic (exact) mass is 426 g/mol. The number of carbonyl (C=O) groups is 4. The molecule has 1 heterocycles. The molecular weight excluding hydrogens is 392 g/mol. The molecule has 0 radical (unpaired) electrons. The summed E-state index contributed by atoms with van der Waals surface area (Å²) in [6.07, 6.45) is 6.53. The van der Waals surface area contributed by atoms with Crippen molar-refractivity contribution in [1.82, 2.24) is 0 Å². The molecule has 0 saturated carbocycles. The number of rotatable bonds is 3. The van der Waals surface area contributed by atoms with E-state index in [0.29, 0.717) is 12.8 Å². The number of hydrogen-bond acceptors (Lipinski definition) is 8. The Kier molecular flexibility index (Phi) is 11.8. The van der Waals surface area contributed by atoms with Crippen molar-refractivity contribution in [3.05, 3.63) is 12.2 Å². The molecule has 8 heteroatoms. The minimum absolute atomic E-state index is 0.424. The van der Waals surface area contributed by atoms with Crippen LogP contribution in [0.1, 0.15) is 79.1 Å². The summed E-state index contributed by atoms with van der Waals surface area (Å²) < 4.78 is 21.3. The molecule has 8 nitrogen and oxygen atoms in total. The molecule has 0 aromatic carbocycles. The molecule has 0 aromatic rings. The molecule has 0 unspecified atom stereocenters. The van der Waals surface area contributed by atoms with Gasteiger partial charge in [0.2, 0.25) is 0 Å². The molecule has 0 fully saturated rings. The first-order valence-electron chi connectivity index (χ1n) is 10.6. The Balaban J connectivity index is 3.01. The lowest BCUT2D eigenvalue weighted by Crippen LogP contribution is -2.34. The Morgan fingerprint density at radius 3 is 1.80 bits per heavy atom. The average molecular weight is 427 g/mol. The smallest absolute Gasteiger partial charge is 0.330 e. The van der Waals surface area contributed by atoms with Crippen molar-refractivity contribution in [2.45, 2.75) is 103 Å². The molecule has 1 rings (SSSR count). The van der Waals surface area contributed by atoms with Crippen LogP contribution in [0.4, 0.5) is 0 Å². The first kappa shape index (κ1) is 25.7. The van der Waals surface area contributed by atoms with Gasteiger partial charge in [-0.3, -0.25) is 14.4 Å². The van der Waals surface area contributed by atoms with E-state index in [1.165, 1.54) is 26.8 Å². The van der Waals surface area contributed by atoms with Crippen LogP contribution >= 0.6 is 0 Å². The first-order chi connectivity index (χ1) is 14.2. The van der Waals surface area contributed by atoms with Crippen LogP contribution in [0.25, 0.3) is 0 Å². The number of cyclic esters (lactones) is 1. The molecule has 0 bridgehead atoms. The van der Waals surface area contributed by atoms with Crippen LogP contribution < -0.4 is 0 Å². The van der Waals surface area contributed by atoms with Gasteiger partial charge in [0.05, 0.1) is 0 Å². The predicted octanol–water partition coefficient (Wildman–Crippen LogP) is 3.40. The maximum Gasteiger partial charge on any atom is 0.330 e. The van der Waals surface area contributed by atoms with Gasteiger partial charge >= 0.3 is 23.9 Å². The Morgan fingerprint density at radius 1 is 0.800 bits per heavy atom. The molecule has 170 valence electrons. The molecule has 0 aromatic heterocycles. The van der Waals surface area contributed by atoms with E-state index in [1.54, 1.807) is 6.92 Å². The summed E-state index contributed by atoms with van der Waals surface area (Å²) in [6, 6.07) is 0. The van der Waals surface area contributed by atoms with E-state index in [2.05, 4.69) is 0 Å². The van der Waals surface area contributed by atoms with Gasteiger partial charge in [-0.15, -0.1) is 0 Å². The third-order valence-corrected chi connectivity index (χ3v) is 4.78. The fourth-order valence-electron chi connectivity index (χ4n) is 3.41. The van der Waals surface area contributed by atoms with Gasteiger partial charge in [0.1, 0.15) is 18.3 Å². The summed E-state index contributed by atoms with van der Waals surface area (Å²) in [4.78, 5) is 46.7. The van der Waals surface area contributed by atoms with Crippen molar-refractivity contribution in [3.63, 3.8) is 0 Å². The summed E-state index contributed by atoms with van der Waals surface area (Å²) in [5.41, 5.74) is 0. The Bertz CT molecular complexity index is 612. The summed E-state index contributed by atoms with van der Waals surface area (Å²) in [6.45, 7) is 5.54. The number of esters is 4. The topological polar surface area (TPSA) is 105 Å². The standard InChI is InChI=1S/C22H34O8/c1-15-19(28-16(2)23)11-9-7-5-6-8-10-12-20(29-17(3)24)21(30-18(4)25)13-14-22(26)27-15/h13-15,19-21H,5-12H2,1-4H3/b14-13+/t15-,19+,20+,21-/m1/s1. The first-order valence-corrected chi connectivity index (χ1v) is 10.6. The Hall–Kier alpha value is -2.38. The van der Waals surface area contributed by atoms with Crippen LogP contribution in [0, 0.1) is 0 Å². The second kappa shape index (κ2) is 13.8. The Morgan fingerprint density at radius 2 is 1.27 bits per heavy atom. The predicted molar refractivity (Wildman–Crippen MR) is 108 cm³/mol. The van der Waals surface area contributed by atoms with E-state index < -0.39 is 48.3 Å². The van der Waals surface area contributed by atoms with Crippen LogP contribution in [0.3, 0.4) is 0 Å². The molecule has 0 N–H and O–H groups in total. The summed E-state index contributed by atoms with van der Waals surface area (Å²) in [5, 5.41) is 0. The number of hydrogen-bond donors (Lipinski definition) is 0. The fourth-order valence-corrected chi connectivity index (χ4v) is 3.41. The zero-order valence-electron chi connectivity index (χ0n) is 18.4. The minimum atomic E-state index is -0.897. The SMILES string of the molecule is CC(=O)O[C@H]1CCCCCCCC[C@H](OC(C)=O)[C@H](OC(C)=O)/C=C/C(=O)O[C@@H]1C. The van der Waals surface area contributed by atoms with Gasteiger partial charge in [-0.2, -0.15) is 0 Å². The van der Waals surface area contributed by atoms with E-state index in [1.807, 2.05) is 0 Å². The highest BCUT2D eigenvalue weighted by Crippen LogP contribution is 2.19. The molecule has 30 heavy (non-hydrogen) atoms. The normalized spacial score (nSPS) is 27.9. The van der Waals surface area contributed by atoms with E-state index in [-0.39, 0.29) is 0 Å². The average Bonchev–Trinajstić information content (AvgIpc) is 2.63. The van der Waals surface area contributed by atoms with Crippen molar-refractivity contribution in [1.29, 1.82) is 0 Å². The van der Waals surface area contributed by atoms with Crippen LogP contribution in [-0.2, 0) is 38.1 Å². The van der Waals surface area contributed by atoms with E-state index >= 15 is 0 Å². The van der Waals surface area contributed by atoms with Gasteiger partial charge in [-0.05, 0) is 38.7 Å². The minimum Gasteiger partial charge on any atom is -0.459 e. The van der Waals surface area contributed by atoms with Crippen molar-refractivity contribution >= 4 is 23.9 Å². The number of ether oxygens (including phenoxy) is 4. The second-order valence-corrected chi connectivity index (χ2v) is 7.57. The highest BCUT2D eigenvalue weighted by molar-refractivity contribution is 5.82. The maximum atomic E-state index is 12.3. The zero-order chi connectivity index (χ0) is 22.5. The zero-order valence-corrected chi connectivity index (χ0v) is 18.4. The molecule has 4 atom stereocenters. The fraction of sp³-hybridized carbons (Fsp3) is 0.727. The quantitative estimate of drug-likeness (QED) is 0.499. The lowest BCUT2D eigenvalue weighted by atomic mass is 10.0. The van der Waals surface area contributed by atoms with Crippen molar-refractivity contribution in [2.24, 2.45) is 0 Å². The third-order valence-electron chi connectivity index (χ3n) is 4.78. The lowest BCUT2D eigenvalue weighted by Gasteiger charge is -2.25. The molecule has 0 spiro atoms. The van der Waals surface area contributed by atoms with Crippen LogP contribution in [0.2, 0.25) is 0 Å². The number of carbonyl (C=O) groups excluding carboxylic acids is 4. The highest BCUT2D eigenvalue weighted by atomic mass is 16.6. The van der Waals surface area contributed by atoms with E-state index in [4.69, 9.17) is 18.9 Å². The summed E-state index contributed by atoms with van der Waals surface area (Å²) >= 11 is 0. The molecule has 1 aliphatic heterocycles. The van der Waals surface area contributed by atoms with Gasteiger partial charge in [-0.25, -0.2) is 4.79 Å². The van der Waals surface area contributed by atoms with E-state index in [9.17, 15) is 19.2 Å². The Labute approximate surface area is 178 Å². The third kappa shape index (κ3) is 11.0. The van der Waals surface area contributed by atoms with Gasteiger partial charge < -0.3 is 18.9 Å². The van der Waals surface area contributed by atoms with Crippen molar-refractivity contribution in [2.75, 3.05) is 0 Å². The van der Waals surface area contributed by atoms with Gasteiger partial charge in [-0.1, -0.05) is 25.7 Å². The molecule has 1 aliphatic rings. The highest BCUT2D eigenvalue weighted by Gasteiger charge is 2.26. The molecule has 0 amide bonds. The molecule has 0 aliphatic carbocycles. The maximum absolute atomic E-state index is 12.3. The van der Waals surface area contributed by atoms with Crippen LogP contribution in [-0.4, -0.2) is 48.3 Å². The van der Waals surface area contributed by atoms with Gasteiger partial charge in [0.15, 0.2) is 6.10 Å². The second-order valence-electron chi connectivity index (χ2n) is 7.57. The largest absolute Gasteiger partial charge is 0.459 e. The van der Waals surface area contributed by atoms with Crippen LogP contribution in [0.5, 0.6) is 0 Å². The summed E-state index contributed by atoms with van der Waals surface area (Å²) in [5.74, 6) is -2.12. The summed E-state index contributed by atoms with van der Waals surface area (Å²) in [7, 11) is 0. The van der Waals surface area contributed by atoms with Gasteiger partial charge in [0, 0.05) is 26.8 Å². The van der Waals surface area contributed by atoms with Crippen molar-refractivity contribution in [3.8, 4) is 0 Å².